The van der Waals surface area contributed by atoms with Gasteiger partial charge >= 0.3 is 0 Å². The number of carbonyl (C=O) groups excluding carboxylic acids is 1. The molecule has 0 aliphatic carbocycles. The van der Waals surface area contributed by atoms with Crippen LogP contribution in [0.3, 0.4) is 0 Å². The minimum atomic E-state index is -0.381. The van der Waals surface area contributed by atoms with Crippen LogP contribution in [0.4, 0.5) is 4.39 Å². The molecule has 2 aromatic carbocycles. The minimum absolute atomic E-state index is 0.0484. The second kappa shape index (κ2) is 8.81. The van der Waals surface area contributed by atoms with Gasteiger partial charge < -0.3 is 9.64 Å². The lowest BCUT2D eigenvalue weighted by molar-refractivity contribution is -0.132. The van der Waals surface area contributed by atoms with Crippen LogP contribution in [-0.4, -0.2) is 31.0 Å². The first-order chi connectivity index (χ1) is 12.3. The van der Waals surface area contributed by atoms with Crippen molar-refractivity contribution in [3.8, 4) is 5.75 Å². The summed E-state index contributed by atoms with van der Waals surface area (Å²) < 4.78 is 18.7. The summed E-state index contributed by atoms with van der Waals surface area (Å²) in [6.45, 7) is 6.23. The lowest BCUT2D eigenvalue weighted by Gasteiger charge is -2.26. The quantitative estimate of drug-likeness (QED) is 0.818. The third kappa shape index (κ3) is 5.05. The molecular weight excluding hydrogens is 331 g/mol. The zero-order chi connectivity index (χ0) is 19.3. The molecule has 0 radical (unpaired) electrons. The second-order valence-corrected chi connectivity index (χ2v) is 6.68. The van der Waals surface area contributed by atoms with Gasteiger partial charge in [-0.1, -0.05) is 29.8 Å². The molecule has 0 fully saturated rings. The van der Waals surface area contributed by atoms with Crippen molar-refractivity contribution in [3.63, 3.8) is 0 Å². The van der Waals surface area contributed by atoms with Crippen molar-refractivity contribution in [2.24, 2.45) is 0 Å². The molecule has 0 spiro atoms. The molecule has 2 atom stereocenters. The maximum atomic E-state index is 13.3. The van der Waals surface area contributed by atoms with Gasteiger partial charge in [0.2, 0.25) is 5.91 Å². The molecule has 0 saturated carbocycles. The number of hydrogen-bond donors (Lipinski definition) is 1. The Kier molecular flexibility index (Phi) is 6.75. The number of methoxy groups -OCH3 is 1. The molecule has 0 saturated heterocycles. The Morgan fingerprint density at radius 1 is 1.23 bits per heavy atom. The fourth-order valence-corrected chi connectivity index (χ4v) is 3.05. The monoisotopic (exact) mass is 358 g/mol. The number of rotatable bonds is 7. The van der Waals surface area contributed by atoms with Crippen LogP contribution in [0.1, 0.15) is 36.6 Å². The number of likely N-dealkylation sites (N-methyl/N-ethyl adjacent to an activating group) is 1. The highest BCUT2D eigenvalue weighted by molar-refractivity contribution is 5.81. The van der Waals surface area contributed by atoms with E-state index in [4.69, 9.17) is 4.74 Å². The Morgan fingerprint density at radius 3 is 2.62 bits per heavy atom. The van der Waals surface area contributed by atoms with E-state index < -0.39 is 0 Å². The number of halogens is 1. The fraction of sp³-hybridized carbons (Fsp3) is 0.381. The lowest BCUT2D eigenvalue weighted by Crippen LogP contribution is -2.43. The average molecular weight is 358 g/mol. The fourth-order valence-electron chi connectivity index (χ4n) is 3.05. The summed E-state index contributed by atoms with van der Waals surface area (Å²) in [5.74, 6) is 0.450. The van der Waals surface area contributed by atoms with Crippen molar-refractivity contribution < 1.29 is 13.9 Å². The summed E-state index contributed by atoms with van der Waals surface area (Å²) in [5, 5.41) is 3.33. The van der Waals surface area contributed by atoms with Crippen molar-refractivity contribution >= 4 is 5.91 Å². The van der Waals surface area contributed by atoms with E-state index >= 15 is 0 Å². The van der Waals surface area contributed by atoms with Gasteiger partial charge in [0.25, 0.3) is 0 Å². The molecule has 2 rings (SSSR count). The Balaban J connectivity index is 2.02. The summed E-state index contributed by atoms with van der Waals surface area (Å²) in [7, 11) is 3.37. The number of nitrogens with zero attached hydrogens (tertiary/aromatic N) is 1. The van der Waals surface area contributed by atoms with E-state index in [1.54, 1.807) is 25.1 Å². The Hall–Kier alpha value is -2.40. The van der Waals surface area contributed by atoms with Crippen LogP contribution in [0, 0.1) is 12.7 Å². The predicted octanol–water partition coefficient (Wildman–Crippen LogP) is 3.84. The summed E-state index contributed by atoms with van der Waals surface area (Å²) >= 11 is 0. The zero-order valence-corrected chi connectivity index (χ0v) is 16.0. The van der Waals surface area contributed by atoms with E-state index in [1.165, 1.54) is 12.1 Å². The van der Waals surface area contributed by atoms with Crippen LogP contribution in [-0.2, 0) is 11.3 Å². The van der Waals surface area contributed by atoms with Gasteiger partial charge in [0.15, 0.2) is 0 Å². The molecule has 2 unspecified atom stereocenters. The molecule has 0 aliphatic heterocycles. The average Bonchev–Trinajstić information content (AvgIpc) is 2.60. The van der Waals surface area contributed by atoms with Gasteiger partial charge in [-0.3, -0.25) is 10.1 Å². The van der Waals surface area contributed by atoms with Crippen molar-refractivity contribution in [2.45, 2.75) is 39.4 Å². The van der Waals surface area contributed by atoms with E-state index in [-0.39, 0.29) is 23.8 Å². The largest absolute Gasteiger partial charge is 0.496 e. The summed E-state index contributed by atoms with van der Waals surface area (Å²) in [4.78, 5) is 14.3. The van der Waals surface area contributed by atoms with Crippen molar-refractivity contribution in [1.82, 2.24) is 10.2 Å². The zero-order valence-electron chi connectivity index (χ0n) is 16.0. The standard InChI is InChI=1S/C21H27FN2O2/c1-14-9-10-20(26-5)19(11-14)15(2)23-16(3)21(25)24(4)13-17-7-6-8-18(22)12-17/h6-12,15-16,23H,13H2,1-5H3. The van der Waals surface area contributed by atoms with E-state index in [2.05, 4.69) is 11.4 Å². The normalized spacial score (nSPS) is 13.2. The molecule has 4 nitrogen and oxygen atoms in total. The van der Waals surface area contributed by atoms with E-state index in [9.17, 15) is 9.18 Å². The van der Waals surface area contributed by atoms with Crippen LogP contribution in [0.5, 0.6) is 5.75 Å². The second-order valence-electron chi connectivity index (χ2n) is 6.68. The predicted molar refractivity (Wildman–Crippen MR) is 102 cm³/mol. The van der Waals surface area contributed by atoms with Crippen LogP contribution in [0.15, 0.2) is 42.5 Å². The Bertz CT molecular complexity index is 763. The maximum absolute atomic E-state index is 13.3. The highest BCUT2D eigenvalue weighted by atomic mass is 19.1. The Labute approximate surface area is 155 Å². The van der Waals surface area contributed by atoms with E-state index in [0.717, 1.165) is 22.4 Å². The lowest BCUT2D eigenvalue weighted by atomic mass is 10.0. The third-order valence-electron chi connectivity index (χ3n) is 4.41. The van der Waals surface area contributed by atoms with Gasteiger partial charge in [-0.15, -0.1) is 0 Å². The van der Waals surface area contributed by atoms with E-state index in [0.29, 0.717) is 6.54 Å². The molecular formula is C21H27FN2O2. The molecule has 0 aromatic heterocycles. The van der Waals surface area contributed by atoms with Gasteiger partial charge in [-0.25, -0.2) is 4.39 Å². The van der Waals surface area contributed by atoms with Gasteiger partial charge in [0, 0.05) is 25.2 Å². The number of hydrogen-bond acceptors (Lipinski definition) is 3. The molecule has 5 heteroatoms. The van der Waals surface area contributed by atoms with Crippen LogP contribution in [0.2, 0.25) is 0 Å². The first-order valence-electron chi connectivity index (χ1n) is 8.71. The minimum Gasteiger partial charge on any atom is -0.496 e. The molecule has 0 bridgehead atoms. The third-order valence-corrected chi connectivity index (χ3v) is 4.41. The molecule has 2 aromatic rings. The highest BCUT2D eigenvalue weighted by Gasteiger charge is 2.21. The number of aryl methyl sites for hydroxylation is 1. The van der Waals surface area contributed by atoms with Gasteiger partial charge in [0.05, 0.1) is 13.2 Å². The number of benzene rings is 2. The van der Waals surface area contributed by atoms with Crippen LogP contribution >= 0.6 is 0 Å². The van der Waals surface area contributed by atoms with Crippen LogP contribution < -0.4 is 10.1 Å². The van der Waals surface area contributed by atoms with Gasteiger partial charge in [-0.2, -0.15) is 0 Å². The number of carbonyl (C=O) groups is 1. The SMILES string of the molecule is COc1ccc(C)cc1C(C)NC(C)C(=O)N(C)Cc1cccc(F)c1. The number of nitrogens with one attached hydrogen (secondary N) is 1. The van der Waals surface area contributed by atoms with Crippen LogP contribution in [0.25, 0.3) is 0 Å². The van der Waals surface area contributed by atoms with E-state index in [1.807, 2.05) is 39.0 Å². The Morgan fingerprint density at radius 2 is 1.96 bits per heavy atom. The topological polar surface area (TPSA) is 41.6 Å². The van der Waals surface area contributed by atoms with Gasteiger partial charge in [0.1, 0.15) is 11.6 Å². The first-order valence-corrected chi connectivity index (χ1v) is 8.71. The molecule has 0 aliphatic rings. The highest BCUT2D eigenvalue weighted by Crippen LogP contribution is 2.26. The number of ether oxygens (including phenoxy) is 1. The number of amides is 1. The molecule has 140 valence electrons. The summed E-state index contributed by atoms with van der Waals surface area (Å²) in [6.07, 6.45) is 0. The smallest absolute Gasteiger partial charge is 0.239 e. The van der Waals surface area contributed by atoms with Crippen molar-refractivity contribution in [3.05, 3.63) is 65.0 Å². The summed E-state index contributed by atoms with van der Waals surface area (Å²) in [6, 6.07) is 11.9. The maximum Gasteiger partial charge on any atom is 0.239 e. The molecule has 1 amide bonds. The summed E-state index contributed by atoms with van der Waals surface area (Å²) in [5.41, 5.74) is 2.91. The molecule has 1 N–H and O–H groups in total. The van der Waals surface area contributed by atoms with Crippen molar-refractivity contribution in [2.75, 3.05) is 14.2 Å². The first kappa shape index (κ1) is 19.9. The van der Waals surface area contributed by atoms with Crippen molar-refractivity contribution in [1.29, 1.82) is 0 Å². The van der Waals surface area contributed by atoms with Gasteiger partial charge in [-0.05, 0) is 44.5 Å². The molecule has 26 heavy (non-hydrogen) atoms. The molecule has 0 heterocycles.